The van der Waals surface area contributed by atoms with Crippen LogP contribution in [0.5, 0.6) is 5.75 Å². The number of hydrogen-bond acceptors (Lipinski definition) is 4. The van der Waals surface area contributed by atoms with Crippen LogP contribution in [0.1, 0.15) is 36.7 Å². The van der Waals surface area contributed by atoms with Gasteiger partial charge in [0.1, 0.15) is 12.4 Å². The van der Waals surface area contributed by atoms with Crippen LogP contribution in [0.3, 0.4) is 0 Å². The fourth-order valence-electron chi connectivity index (χ4n) is 2.21. The molecule has 146 valence electrons. The van der Waals surface area contributed by atoms with Crippen LogP contribution >= 0.6 is 0 Å². The quantitative estimate of drug-likeness (QED) is 0.710. The standard InChI is InChI=1S/C19H23FN2O4S/c1-4-26-18-11-17(10-7-15(18)12-20)21-19(23)14-5-8-16(9-6-14)22-27(24,25)13(2)3/h5-11,13,22H,4,12H2,1-3H3,(H,21,23). The number of sulfonamides is 1. The topological polar surface area (TPSA) is 84.5 Å². The molecule has 0 bridgehead atoms. The molecule has 0 saturated carbocycles. The Morgan fingerprint density at radius 2 is 1.74 bits per heavy atom. The van der Waals surface area contributed by atoms with E-state index in [1.54, 1.807) is 39.0 Å². The molecule has 0 radical (unpaired) electrons. The summed E-state index contributed by atoms with van der Waals surface area (Å²) in [4.78, 5) is 12.4. The molecular formula is C19H23FN2O4S. The molecule has 1 amide bonds. The zero-order chi connectivity index (χ0) is 20.0. The van der Waals surface area contributed by atoms with Crippen molar-refractivity contribution in [1.29, 1.82) is 0 Å². The van der Waals surface area contributed by atoms with Crippen LogP contribution in [0.2, 0.25) is 0 Å². The molecule has 0 atom stereocenters. The number of nitrogens with one attached hydrogen (secondary N) is 2. The number of anilines is 2. The fourth-order valence-corrected chi connectivity index (χ4v) is 2.91. The van der Waals surface area contributed by atoms with Crippen molar-refractivity contribution in [3.05, 3.63) is 53.6 Å². The molecule has 0 saturated heterocycles. The molecule has 0 unspecified atom stereocenters. The minimum atomic E-state index is -3.44. The molecule has 0 fully saturated rings. The lowest BCUT2D eigenvalue weighted by Crippen LogP contribution is -2.22. The van der Waals surface area contributed by atoms with Gasteiger partial charge in [0, 0.05) is 28.6 Å². The summed E-state index contributed by atoms with van der Waals surface area (Å²) in [6.07, 6.45) is 0. The number of alkyl halides is 1. The van der Waals surface area contributed by atoms with E-state index in [0.29, 0.717) is 34.9 Å². The molecule has 0 aliphatic carbocycles. The van der Waals surface area contributed by atoms with Crippen molar-refractivity contribution in [1.82, 2.24) is 0 Å². The van der Waals surface area contributed by atoms with Crippen molar-refractivity contribution in [2.75, 3.05) is 16.6 Å². The molecule has 0 spiro atoms. The van der Waals surface area contributed by atoms with Crippen molar-refractivity contribution in [2.45, 2.75) is 32.7 Å². The van der Waals surface area contributed by atoms with Crippen LogP contribution in [0, 0.1) is 0 Å². The van der Waals surface area contributed by atoms with E-state index in [0.717, 1.165) is 0 Å². The van der Waals surface area contributed by atoms with Crippen molar-refractivity contribution < 1.29 is 22.3 Å². The molecule has 0 aliphatic rings. The predicted octanol–water partition coefficient (Wildman–Crippen LogP) is 3.96. The predicted molar refractivity (Wildman–Crippen MR) is 104 cm³/mol. The third kappa shape index (κ3) is 5.43. The maximum atomic E-state index is 13.0. The van der Waals surface area contributed by atoms with Gasteiger partial charge < -0.3 is 10.1 Å². The minimum absolute atomic E-state index is 0.357. The number of ether oxygens (including phenoxy) is 1. The number of hydrogen-bond donors (Lipinski definition) is 2. The van der Waals surface area contributed by atoms with Gasteiger partial charge in [0.05, 0.1) is 11.9 Å². The Labute approximate surface area is 158 Å². The Balaban J connectivity index is 2.11. The van der Waals surface area contributed by atoms with Crippen LogP contribution in [0.25, 0.3) is 0 Å². The summed E-state index contributed by atoms with van der Waals surface area (Å²) in [5, 5.41) is 2.15. The van der Waals surface area contributed by atoms with Crippen molar-refractivity contribution >= 4 is 27.3 Å². The highest BCUT2D eigenvalue weighted by molar-refractivity contribution is 7.93. The number of rotatable bonds is 8. The van der Waals surface area contributed by atoms with Crippen LogP contribution in [0.4, 0.5) is 15.8 Å². The summed E-state index contributed by atoms with van der Waals surface area (Å²) in [6.45, 7) is 4.68. The van der Waals surface area contributed by atoms with Gasteiger partial charge in [-0.15, -0.1) is 0 Å². The second-order valence-electron chi connectivity index (χ2n) is 6.12. The Hall–Kier alpha value is -2.61. The van der Waals surface area contributed by atoms with Crippen LogP contribution in [-0.4, -0.2) is 26.2 Å². The van der Waals surface area contributed by atoms with E-state index in [-0.39, 0.29) is 5.91 Å². The largest absolute Gasteiger partial charge is 0.493 e. The first-order valence-electron chi connectivity index (χ1n) is 8.51. The lowest BCUT2D eigenvalue weighted by Gasteiger charge is -2.12. The minimum Gasteiger partial charge on any atom is -0.493 e. The summed E-state index contributed by atoms with van der Waals surface area (Å²) < 4.78 is 44.5. The monoisotopic (exact) mass is 394 g/mol. The fraction of sp³-hybridized carbons (Fsp3) is 0.316. The van der Waals surface area contributed by atoms with E-state index in [9.17, 15) is 17.6 Å². The molecule has 0 aliphatic heterocycles. The first-order chi connectivity index (χ1) is 12.8. The first kappa shape index (κ1) is 20.7. The highest BCUT2D eigenvalue weighted by Gasteiger charge is 2.16. The number of carbonyl (C=O) groups is 1. The average molecular weight is 394 g/mol. The van der Waals surface area contributed by atoms with E-state index < -0.39 is 21.9 Å². The third-order valence-corrected chi connectivity index (χ3v) is 5.56. The molecule has 6 nitrogen and oxygen atoms in total. The molecule has 0 heterocycles. The maximum absolute atomic E-state index is 13.0. The molecule has 2 rings (SSSR count). The summed E-state index contributed by atoms with van der Waals surface area (Å²) >= 11 is 0. The normalized spacial score (nSPS) is 11.3. The third-order valence-electron chi connectivity index (χ3n) is 3.80. The number of amides is 1. The van der Waals surface area contributed by atoms with E-state index in [1.807, 2.05) is 0 Å². The van der Waals surface area contributed by atoms with Gasteiger partial charge in [-0.1, -0.05) is 6.07 Å². The lowest BCUT2D eigenvalue weighted by molar-refractivity contribution is 0.102. The van der Waals surface area contributed by atoms with E-state index >= 15 is 0 Å². The Kier molecular flexibility index (Phi) is 6.79. The number of benzene rings is 2. The summed E-state index contributed by atoms with van der Waals surface area (Å²) in [5.74, 6) is 0.0138. The van der Waals surface area contributed by atoms with Crippen LogP contribution < -0.4 is 14.8 Å². The number of halogens is 1. The van der Waals surface area contributed by atoms with Crippen LogP contribution in [-0.2, 0) is 16.7 Å². The van der Waals surface area contributed by atoms with Crippen molar-refractivity contribution in [2.24, 2.45) is 0 Å². The van der Waals surface area contributed by atoms with Gasteiger partial charge in [0.2, 0.25) is 10.0 Å². The van der Waals surface area contributed by atoms with Gasteiger partial charge in [0.15, 0.2) is 0 Å². The zero-order valence-corrected chi connectivity index (χ0v) is 16.3. The van der Waals surface area contributed by atoms with Gasteiger partial charge in [-0.2, -0.15) is 0 Å². The Morgan fingerprint density at radius 1 is 1.11 bits per heavy atom. The molecular weight excluding hydrogens is 371 g/mol. The van der Waals surface area contributed by atoms with Gasteiger partial charge in [-0.3, -0.25) is 9.52 Å². The maximum Gasteiger partial charge on any atom is 0.255 e. The molecule has 2 aromatic rings. The summed E-state index contributed by atoms with van der Waals surface area (Å²) in [5.41, 5.74) is 1.63. The first-order valence-corrected chi connectivity index (χ1v) is 10.1. The second-order valence-corrected chi connectivity index (χ2v) is 8.35. The lowest BCUT2D eigenvalue weighted by atomic mass is 10.1. The second kappa shape index (κ2) is 8.85. The van der Waals surface area contributed by atoms with Crippen molar-refractivity contribution in [3.8, 4) is 5.75 Å². The van der Waals surface area contributed by atoms with E-state index in [1.165, 1.54) is 24.3 Å². The Bertz CT molecular complexity index is 896. The van der Waals surface area contributed by atoms with Crippen molar-refractivity contribution in [3.63, 3.8) is 0 Å². The van der Waals surface area contributed by atoms with E-state index in [4.69, 9.17) is 4.74 Å². The van der Waals surface area contributed by atoms with Gasteiger partial charge in [-0.05, 0) is 51.1 Å². The Morgan fingerprint density at radius 3 is 2.30 bits per heavy atom. The number of carbonyl (C=O) groups excluding carboxylic acids is 1. The van der Waals surface area contributed by atoms with Crippen LogP contribution in [0.15, 0.2) is 42.5 Å². The summed E-state index contributed by atoms with van der Waals surface area (Å²) in [6, 6.07) is 10.8. The van der Waals surface area contributed by atoms with Gasteiger partial charge in [-0.25, -0.2) is 12.8 Å². The summed E-state index contributed by atoms with van der Waals surface area (Å²) in [7, 11) is -3.44. The van der Waals surface area contributed by atoms with Gasteiger partial charge in [0.25, 0.3) is 5.91 Å². The molecule has 27 heavy (non-hydrogen) atoms. The van der Waals surface area contributed by atoms with Gasteiger partial charge >= 0.3 is 0 Å². The average Bonchev–Trinajstić information content (AvgIpc) is 2.62. The molecule has 2 aromatic carbocycles. The molecule has 8 heteroatoms. The highest BCUT2D eigenvalue weighted by atomic mass is 32.2. The zero-order valence-electron chi connectivity index (χ0n) is 15.5. The SMILES string of the molecule is CCOc1cc(NC(=O)c2ccc(NS(=O)(=O)C(C)C)cc2)ccc1CF. The highest BCUT2D eigenvalue weighted by Crippen LogP contribution is 2.25. The van der Waals surface area contributed by atoms with E-state index in [2.05, 4.69) is 10.0 Å². The smallest absolute Gasteiger partial charge is 0.255 e. The molecule has 2 N–H and O–H groups in total. The molecule has 0 aromatic heterocycles.